The van der Waals surface area contributed by atoms with Gasteiger partial charge in [-0.1, -0.05) is 36.4 Å². The van der Waals surface area contributed by atoms with E-state index in [1.165, 1.54) is 5.39 Å². The van der Waals surface area contributed by atoms with E-state index in [0.29, 0.717) is 6.61 Å². The van der Waals surface area contributed by atoms with Crippen LogP contribution in [0.15, 0.2) is 42.5 Å². The molecule has 1 atom stereocenters. The first-order valence-electron chi connectivity index (χ1n) is 6.10. The van der Waals surface area contributed by atoms with Crippen LogP contribution in [-0.4, -0.2) is 12.6 Å². The topological polar surface area (TPSA) is 52.3 Å². The van der Waals surface area contributed by atoms with Crippen molar-refractivity contribution >= 4 is 16.7 Å². The summed E-state index contributed by atoms with van der Waals surface area (Å²) in [5.74, 6) is -0.252. The van der Waals surface area contributed by atoms with Crippen molar-refractivity contribution in [2.45, 2.75) is 19.4 Å². The van der Waals surface area contributed by atoms with Gasteiger partial charge in [0.25, 0.3) is 0 Å². The molecule has 2 rings (SSSR count). The van der Waals surface area contributed by atoms with Crippen molar-refractivity contribution in [3.05, 3.63) is 48.0 Å². The fraction of sp³-hybridized carbons (Fsp3) is 0.267. The van der Waals surface area contributed by atoms with Crippen molar-refractivity contribution in [1.82, 2.24) is 0 Å². The molecule has 0 aromatic heterocycles. The van der Waals surface area contributed by atoms with Crippen molar-refractivity contribution in [1.29, 1.82) is 0 Å². The first-order valence-corrected chi connectivity index (χ1v) is 6.10. The molecule has 0 amide bonds. The van der Waals surface area contributed by atoms with Crippen LogP contribution in [0.2, 0.25) is 0 Å². The van der Waals surface area contributed by atoms with Crippen molar-refractivity contribution in [2.24, 2.45) is 5.73 Å². The zero-order valence-corrected chi connectivity index (χ0v) is 10.4. The molecule has 94 valence electrons. The van der Waals surface area contributed by atoms with Gasteiger partial charge in [-0.15, -0.1) is 0 Å². The van der Waals surface area contributed by atoms with Gasteiger partial charge in [0.2, 0.25) is 0 Å². The van der Waals surface area contributed by atoms with E-state index in [1.807, 2.05) is 36.4 Å². The summed E-state index contributed by atoms with van der Waals surface area (Å²) in [6.45, 7) is 2.18. The van der Waals surface area contributed by atoms with E-state index in [2.05, 4.69) is 6.07 Å². The molecule has 0 aliphatic heterocycles. The molecule has 2 aromatic rings. The van der Waals surface area contributed by atoms with Crippen LogP contribution < -0.4 is 5.73 Å². The van der Waals surface area contributed by atoms with E-state index in [1.54, 1.807) is 6.92 Å². The Bertz CT molecular complexity index is 551. The Balaban J connectivity index is 2.17. The Hall–Kier alpha value is -1.87. The molecule has 0 saturated carbocycles. The highest BCUT2D eigenvalue weighted by molar-refractivity contribution is 5.83. The Morgan fingerprint density at radius 2 is 1.94 bits per heavy atom. The standard InChI is InChI=1S/C15H17NO2/c1-2-18-15(17)10-14(16)13-8-7-11-5-3-4-6-12(11)9-13/h3-9,14H,2,10,16H2,1H3. The Kier molecular flexibility index (Phi) is 3.95. The average Bonchev–Trinajstić information content (AvgIpc) is 2.38. The summed E-state index contributed by atoms with van der Waals surface area (Å²) in [7, 11) is 0. The Morgan fingerprint density at radius 1 is 1.22 bits per heavy atom. The van der Waals surface area contributed by atoms with E-state index in [0.717, 1.165) is 10.9 Å². The van der Waals surface area contributed by atoms with E-state index < -0.39 is 0 Å². The lowest BCUT2D eigenvalue weighted by molar-refractivity contribution is -0.143. The minimum absolute atomic E-state index is 0.214. The predicted molar refractivity (Wildman–Crippen MR) is 72.1 cm³/mol. The van der Waals surface area contributed by atoms with Crippen LogP contribution in [0.5, 0.6) is 0 Å². The predicted octanol–water partition coefficient (Wildman–Crippen LogP) is 2.79. The summed E-state index contributed by atoms with van der Waals surface area (Å²) in [5.41, 5.74) is 6.98. The summed E-state index contributed by atoms with van der Waals surface area (Å²) < 4.78 is 4.90. The molecule has 0 aliphatic rings. The van der Waals surface area contributed by atoms with Crippen LogP contribution in [0.1, 0.15) is 24.9 Å². The van der Waals surface area contributed by atoms with Gasteiger partial charge in [-0.2, -0.15) is 0 Å². The highest BCUT2D eigenvalue weighted by Crippen LogP contribution is 2.21. The number of fused-ring (bicyclic) bond motifs is 1. The average molecular weight is 243 g/mol. The summed E-state index contributed by atoms with van der Waals surface area (Å²) in [6.07, 6.45) is 0.214. The second-order valence-electron chi connectivity index (χ2n) is 4.22. The lowest BCUT2D eigenvalue weighted by Crippen LogP contribution is -2.17. The second kappa shape index (κ2) is 5.65. The Morgan fingerprint density at radius 3 is 2.67 bits per heavy atom. The molecule has 2 N–H and O–H groups in total. The fourth-order valence-corrected chi connectivity index (χ4v) is 1.96. The van der Waals surface area contributed by atoms with Crippen LogP contribution >= 0.6 is 0 Å². The zero-order chi connectivity index (χ0) is 13.0. The maximum absolute atomic E-state index is 11.4. The second-order valence-corrected chi connectivity index (χ2v) is 4.22. The summed E-state index contributed by atoms with van der Waals surface area (Å²) in [5, 5.41) is 2.30. The molecule has 0 aliphatic carbocycles. The number of ether oxygens (including phenoxy) is 1. The van der Waals surface area contributed by atoms with Gasteiger partial charge in [0.1, 0.15) is 0 Å². The number of rotatable bonds is 4. The van der Waals surface area contributed by atoms with Gasteiger partial charge >= 0.3 is 5.97 Å². The number of hydrogen-bond acceptors (Lipinski definition) is 3. The molecule has 3 heteroatoms. The highest BCUT2D eigenvalue weighted by Gasteiger charge is 2.12. The van der Waals surface area contributed by atoms with Crippen molar-refractivity contribution in [3.8, 4) is 0 Å². The summed E-state index contributed by atoms with van der Waals surface area (Å²) in [6, 6.07) is 13.8. The smallest absolute Gasteiger partial charge is 0.307 e. The molecule has 0 fully saturated rings. The fourth-order valence-electron chi connectivity index (χ4n) is 1.96. The van der Waals surface area contributed by atoms with Gasteiger partial charge < -0.3 is 10.5 Å². The maximum atomic E-state index is 11.4. The van der Waals surface area contributed by atoms with Crippen LogP contribution in [-0.2, 0) is 9.53 Å². The van der Waals surface area contributed by atoms with Crippen molar-refractivity contribution in [2.75, 3.05) is 6.61 Å². The molecular weight excluding hydrogens is 226 g/mol. The monoisotopic (exact) mass is 243 g/mol. The molecule has 1 unspecified atom stereocenters. The molecule has 0 bridgehead atoms. The first kappa shape index (κ1) is 12.6. The largest absolute Gasteiger partial charge is 0.466 e. The third-order valence-corrected chi connectivity index (χ3v) is 2.89. The first-order chi connectivity index (χ1) is 8.70. The van der Waals surface area contributed by atoms with E-state index in [9.17, 15) is 4.79 Å². The number of carbonyl (C=O) groups excluding carboxylic acids is 1. The SMILES string of the molecule is CCOC(=O)CC(N)c1ccc2ccccc2c1. The normalized spacial score (nSPS) is 12.3. The van der Waals surface area contributed by atoms with Crippen molar-refractivity contribution < 1.29 is 9.53 Å². The van der Waals surface area contributed by atoms with Gasteiger partial charge in [-0.25, -0.2) is 0 Å². The molecule has 0 saturated heterocycles. The van der Waals surface area contributed by atoms with Crippen LogP contribution in [0.3, 0.4) is 0 Å². The molecule has 2 aromatic carbocycles. The summed E-state index contributed by atoms with van der Waals surface area (Å²) in [4.78, 5) is 11.4. The van der Waals surface area contributed by atoms with Gasteiger partial charge in [0.15, 0.2) is 0 Å². The molecular formula is C15H17NO2. The minimum atomic E-state index is -0.311. The lowest BCUT2D eigenvalue weighted by atomic mass is 10.0. The molecule has 0 spiro atoms. The zero-order valence-electron chi connectivity index (χ0n) is 10.4. The Labute approximate surface area is 107 Å². The number of carbonyl (C=O) groups is 1. The van der Waals surface area contributed by atoms with E-state index in [-0.39, 0.29) is 18.4 Å². The number of hydrogen-bond donors (Lipinski definition) is 1. The van der Waals surface area contributed by atoms with Crippen LogP contribution in [0.25, 0.3) is 10.8 Å². The number of benzene rings is 2. The van der Waals surface area contributed by atoms with Gasteiger partial charge in [-0.3, -0.25) is 4.79 Å². The minimum Gasteiger partial charge on any atom is -0.466 e. The third-order valence-electron chi connectivity index (χ3n) is 2.89. The molecule has 3 nitrogen and oxygen atoms in total. The molecule has 0 heterocycles. The van der Waals surface area contributed by atoms with Crippen LogP contribution in [0.4, 0.5) is 0 Å². The van der Waals surface area contributed by atoms with Gasteiger partial charge in [-0.05, 0) is 29.3 Å². The van der Waals surface area contributed by atoms with E-state index in [4.69, 9.17) is 10.5 Å². The quantitative estimate of drug-likeness (QED) is 0.840. The van der Waals surface area contributed by atoms with Crippen molar-refractivity contribution in [3.63, 3.8) is 0 Å². The number of esters is 1. The van der Waals surface area contributed by atoms with Gasteiger partial charge in [0.05, 0.1) is 13.0 Å². The highest BCUT2D eigenvalue weighted by atomic mass is 16.5. The third kappa shape index (κ3) is 2.87. The summed E-state index contributed by atoms with van der Waals surface area (Å²) >= 11 is 0. The van der Waals surface area contributed by atoms with Crippen LogP contribution in [0, 0.1) is 0 Å². The molecule has 0 radical (unpaired) electrons. The molecule has 18 heavy (non-hydrogen) atoms. The number of nitrogens with two attached hydrogens (primary N) is 1. The van der Waals surface area contributed by atoms with E-state index >= 15 is 0 Å². The lowest BCUT2D eigenvalue weighted by Gasteiger charge is -2.12. The van der Waals surface area contributed by atoms with Gasteiger partial charge in [0, 0.05) is 6.04 Å². The maximum Gasteiger partial charge on any atom is 0.307 e.